The van der Waals surface area contributed by atoms with E-state index in [-0.39, 0.29) is 35.2 Å². The summed E-state index contributed by atoms with van der Waals surface area (Å²) >= 11 is 6.47. The number of ether oxygens (including phenoxy) is 2. The summed E-state index contributed by atoms with van der Waals surface area (Å²) in [6.07, 6.45) is 6.63. The topological polar surface area (TPSA) is 106 Å². The molecule has 1 aliphatic carbocycles. The lowest BCUT2D eigenvalue weighted by molar-refractivity contribution is -0.117. The Labute approximate surface area is 189 Å². The quantitative estimate of drug-likeness (QED) is 0.469. The Morgan fingerprint density at radius 1 is 1.27 bits per heavy atom. The first-order valence-corrected chi connectivity index (χ1v) is 10.5. The van der Waals surface area contributed by atoms with Gasteiger partial charge < -0.3 is 19.2 Å². The Morgan fingerprint density at radius 2 is 2.12 bits per heavy atom. The van der Waals surface area contributed by atoms with Gasteiger partial charge in [-0.05, 0) is 6.42 Å². The third-order valence-corrected chi connectivity index (χ3v) is 5.94. The zero-order chi connectivity index (χ0) is 22.7. The summed E-state index contributed by atoms with van der Waals surface area (Å²) in [7, 11) is 0. The number of carbonyl (C=O) groups is 1. The fourth-order valence-corrected chi connectivity index (χ4v) is 4.13. The summed E-state index contributed by atoms with van der Waals surface area (Å²) < 4.78 is 41.0. The van der Waals surface area contributed by atoms with Gasteiger partial charge >= 0.3 is 0 Å². The Bertz CT molecular complexity index is 1470. The van der Waals surface area contributed by atoms with Crippen LogP contribution in [0.25, 0.3) is 33.6 Å². The molecule has 1 amide bonds. The van der Waals surface area contributed by atoms with Gasteiger partial charge in [0.1, 0.15) is 25.6 Å². The number of alkyl halides is 1. The first kappa shape index (κ1) is 19.9. The smallest absolute Gasteiger partial charge is 0.231 e. The number of amides is 1. The van der Waals surface area contributed by atoms with E-state index in [0.717, 1.165) is 0 Å². The molecule has 6 rings (SSSR count). The van der Waals surface area contributed by atoms with Crippen LogP contribution in [0.2, 0.25) is 5.02 Å². The number of fused-ring (bicyclic) bond motifs is 2. The highest BCUT2D eigenvalue weighted by atomic mass is 35.5. The molecule has 1 saturated carbocycles. The number of halogens is 3. The molecule has 1 fully saturated rings. The van der Waals surface area contributed by atoms with Crippen LogP contribution in [0, 0.1) is 11.7 Å². The standard InChI is InChI=1S/C21H15ClF2N6O3/c22-18-16(10-4-26-29-20(10)17(19(18)24)13-8-32-1-2-33-13)12-6-30-7-14(27-15(30)5-25-12)28-21(31)9-3-11(9)23/h4-9,11H,1-3H2,(H,26,29)(H,28,31). The molecule has 168 valence electrons. The lowest BCUT2D eigenvalue weighted by Gasteiger charge is -2.18. The summed E-state index contributed by atoms with van der Waals surface area (Å²) in [5, 5.41) is 9.83. The van der Waals surface area contributed by atoms with E-state index in [4.69, 9.17) is 21.1 Å². The Kier molecular flexibility index (Phi) is 4.47. The van der Waals surface area contributed by atoms with E-state index in [0.29, 0.717) is 34.4 Å². The van der Waals surface area contributed by atoms with Gasteiger partial charge in [-0.15, -0.1) is 0 Å². The average Bonchev–Trinajstić information content (AvgIpc) is 3.18. The molecule has 2 aliphatic rings. The fourth-order valence-electron chi connectivity index (χ4n) is 3.84. The monoisotopic (exact) mass is 472 g/mol. The van der Waals surface area contributed by atoms with Crippen LogP contribution in [-0.4, -0.2) is 49.9 Å². The van der Waals surface area contributed by atoms with Crippen molar-refractivity contribution in [2.75, 3.05) is 18.5 Å². The van der Waals surface area contributed by atoms with Crippen molar-refractivity contribution >= 4 is 45.6 Å². The molecule has 1 aliphatic heterocycles. The highest BCUT2D eigenvalue weighted by molar-refractivity contribution is 6.35. The fraction of sp³-hybridized carbons (Fsp3) is 0.238. The Balaban J connectivity index is 1.43. The van der Waals surface area contributed by atoms with Crippen LogP contribution < -0.4 is 5.32 Å². The van der Waals surface area contributed by atoms with Gasteiger partial charge in [-0.1, -0.05) is 11.6 Å². The maximum absolute atomic E-state index is 15.4. The molecule has 3 aromatic heterocycles. The number of aromatic amines is 1. The second-order valence-corrected chi connectivity index (χ2v) is 8.13. The van der Waals surface area contributed by atoms with Gasteiger partial charge in [-0.25, -0.2) is 13.8 Å². The van der Waals surface area contributed by atoms with Crippen LogP contribution in [-0.2, 0) is 14.3 Å². The predicted octanol–water partition coefficient (Wildman–Crippen LogP) is 3.71. The third kappa shape index (κ3) is 3.27. The predicted molar refractivity (Wildman–Crippen MR) is 115 cm³/mol. The van der Waals surface area contributed by atoms with Gasteiger partial charge in [0.15, 0.2) is 23.0 Å². The molecule has 1 aromatic carbocycles. The molecule has 2 N–H and O–H groups in total. The molecule has 4 aromatic rings. The van der Waals surface area contributed by atoms with E-state index in [1.165, 1.54) is 18.7 Å². The van der Waals surface area contributed by atoms with Gasteiger partial charge in [0.2, 0.25) is 5.91 Å². The van der Waals surface area contributed by atoms with Crippen molar-refractivity contribution in [2.24, 2.45) is 5.92 Å². The van der Waals surface area contributed by atoms with Gasteiger partial charge in [-0.2, -0.15) is 5.10 Å². The van der Waals surface area contributed by atoms with Crippen LogP contribution in [0.1, 0.15) is 12.0 Å². The average molecular weight is 473 g/mol. The van der Waals surface area contributed by atoms with Crippen molar-refractivity contribution in [1.82, 2.24) is 24.6 Å². The summed E-state index contributed by atoms with van der Waals surface area (Å²) in [6, 6.07) is 0. The van der Waals surface area contributed by atoms with E-state index in [1.807, 2.05) is 0 Å². The van der Waals surface area contributed by atoms with Crippen molar-refractivity contribution in [3.8, 4) is 11.3 Å². The Hall–Kier alpha value is -3.73. The van der Waals surface area contributed by atoms with E-state index in [1.54, 1.807) is 16.8 Å². The molecule has 0 spiro atoms. The summed E-state index contributed by atoms with van der Waals surface area (Å²) in [6.45, 7) is 0.653. The lowest BCUT2D eigenvalue weighted by Crippen LogP contribution is -2.15. The summed E-state index contributed by atoms with van der Waals surface area (Å²) in [5.41, 5.74) is 1.64. The van der Waals surface area contributed by atoms with Gasteiger partial charge in [-0.3, -0.25) is 14.9 Å². The molecule has 2 unspecified atom stereocenters. The first-order chi connectivity index (χ1) is 16.0. The molecule has 0 radical (unpaired) electrons. The van der Waals surface area contributed by atoms with Crippen LogP contribution in [0.15, 0.2) is 31.0 Å². The van der Waals surface area contributed by atoms with Crippen LogP contribution in [0.4, 0.5) is 14.6 Å². The number of imidazole rings is 1. The molecule has 0 bridgehead atoms. The zero-order valence-electron chi connectivity index (χ0n) is 16.8. The number of carbonyl (C=O) groups excluding carboxylic acids is 1. The minimum atomic E-state index is -1.10. The molecular weight excluding hydrogens is 458 g/mol. The zero-order valence-corrected chi connectivity index (χ0v) is 17.6. The van der Waals surface area contributed by atoms with Crippen molar-refractivity contribution in [3.05, 3.63) is 47.5 Å². The van der Waals surface area contributed by atoms with Crippen molar-refractivity contribution in [2.45, 2.75) is 12.6 Å². The number of aromatic nitrogens is 5. The molecule has 2 atom stereocenters. The maximum Gasteiger partial charge on any atom is 0.231 e. The number of hydrogen-bond donors (Lipinski definition) is 2. The normalized spacial score (nSPS) is 19.8. The minimum absolute atomic E-state index is 0.121. The molecule has 4 heterocycles. The van der Waals surface area contributed by atoms with E-state index in [2.05, 4.69) is 25.5 Å². The number of H-pyrrole nitrogens is 1. The van der Waals surface area contributed by atoms with Crippen molar-refractivity contribution < 1.29 is 23.0 Å². The first-order valence-electron chi connectivity index (χ1n) is 10.1. The number of anilines is 1. The summed E-state index contributed by atoms with van der Waals surface area (Å²) in [5.74, 6) is -1.27. The highest BCUT2D eigenvalue weighted by Gasteiger charge is 2.43. The van der Waals surface area contributed by atoms with Gasteiger partial charge in [0.05, 0.1) is 46.3 Å². The number of hydrogen-bond acceptors (Lipinski definition) is 6. The van der Waals surface area contributed by atoms with Crippen LogP contribution in [0.5, 0.6) is 0 Å². The number of nitrogens with one attached hydrogen (secondary N) is 2. The van der Waals surface area contributed by atoms with E-state index < -0.39 is 23.8 Å². The second-order valence-electron chi connectivity index (χ2n) is 7.75. The summed E-state index contributed by atoms with van der Waals surface area (Å²) in [4.78, 5) is 20.7. The molecule has 33 heavy (non-hydrogen) atoms. The van der Waals surface area contributed by atoms with E-state index >= 15 is 4.39 Å². The molecule has 9 nitrogen and oxygen atoms in total. The van der Waals surface area contributed by atoms with Crippen LogP contribution >= 0.6 is 11.6 Å². The maximum atomic E-state index is 15.4. The highest BCUT2D eigenvalue weighted by Crippen LogP contribution is 2.41. The number of benzene rings is 1. The third-order valence-electron chi connectivity index (χ3n) is 5.58. The molecule has 0 saturated heterocycles. The SMILES string of the molecule is O=C(Nc1cn2cc(-c3c(Cl)c(F)c(C4=COCCO4)c4[nH]ncc34)ncc2n1)C1CC1F. The largest absolute Gasteiger partial charge is 0.494 e. The number of nitrogens with zero attached hydrogens (tertiary/aromatic N) is 4. The molecule has 12 heteroatoms. The van der Waals surface area contributed by atoms with Crippen molar-refractivity contribution in [1.29, 1.82) is 0 Å². The minimum Gasteiger partial charge on any atom is -0.494 e. The Morgan fingerprint density at radius 3 is 2.88 bits per heavy atom. The lowest BCUT2D eigenvalue weighted by atomic mass is 10.0. The van der Waals surface area contributed by atoms with E-state index in [9.17, 15) is 9.18 Å². The second kappa shape index (κ2) is 7.41. The van der Waals surface area contributed by atoms with Crippen molar-refractivity contribution in [3.63, 3.8) is 0 Å². The number of rotatable bonds is 4. The van der Waals surface area contributed by atoms with Gasteiger partial charge in [0, 0.05) is 17.1 Å². The van der Waals surface area contributed by atoms with Gasteiger partial charge in [0.25, 0.3) is 0 Å². The van der Waals surface area contributed by atoms with Crippen LogP contribution in [0.3, 0.4) is 0 Å². The molecular formula is C21H15ClF2N6O3.